The molecule has 0 atom stereocenters. The van der Waals surface area contributed by atoms with Crippen molar-refractivity contribution in [1.82, 2.24) is 15.0 Å². The number of hydrogen-bond acceptors (Lipinski definition) is 3. The average molecular weight is 363 g/mol. The summed E-state index contributed by atoms with van der Waals surface area (Å²) in [6.07, 6.45) is 5.44. The maximum Gasteiger partial charge on any atom is 0.191 e. The van der Waals surface area contributed by atoms with Crippen molar-refractivity contribution in [2.45, 2.75) is 20.8 Å². The zero-order valence-electron chi connectivity index (χ0n) is 15.0. The molecule has 26 heavy (non-hydrogen) atoms. The van der Waals surface area contributed by atoms with E-state index in [1.165, 1.54) is 5.56 Å². The molecular formula is C20H21N5S. The van der Waals surface area contributed by atoms with Gasteiger partial charge in [0, 0.05) is 23.8 Å². The third-order valence-electron chi connectivity index (χ3n) is 4.04. The Bertz CT molecular complexity index is 927. The van der Waals surface area contributed by atoms with Crippen molar-refractivity contribution >= 4 is 28.7 Å². The molecule has 3 aromatic rings. The van der Waals surface area contributed by atoms with E-state index in [1.807, 2.05) is 61.0 Å². The van der Waals surface area contributed by atoms with Gasteiger partial charge in [0.2, 0.25) is 0 Å². The monoisotopic (exact) mass is 363 g/mol. The van der Waals surface area contributed by atoms with Crippen LogP contribution in [0.1, 0.15) is 23.6 Å². The Hall–Kier alpha value is -2.99. The Morgan fingerprint density at radius 2 is 1.88 bits per heavy atom. The number of hydrogen-bond donors (Lipinski definition) is 2. The van der Waals surface area contributed by atoms with E-state index >= 15 is 0 Å². The first-order valence-electron chi connectivity index (χ1n) is 8.30. The molecule has 0 bridgehead atoms. The summed E-state index contributed by atoms with van der Waals surface area (Å²) >= 11 is 5.33. The van der Waals surface area contributed by atoms with Crippen LogP contribution >= 0.6 is 12.2 Å². The Morgan fingerprint density at radius 1 is 1.12 bits per heavy atom. The van der Waals surface area contributed by atoms with Crippen LogP contribution in [0.5, 0.6) is 0 Å². The number of thiocarbonyl (C=S) groups is 1. The number of anilines is 1. The number of rotatable bonds is 4. The lowest BCUT2D eigenvalue weighted by Gasteiger charge is -2.11. The molecule has 6 heteroatoms. The van der Waals surface area contributed by atoms with Crippen molar-refractivity contribution in [3.05, 3.63) is 77.9 Å². The average Bonchev–Trinajstić information content (AvgIpc) is 3.17. The van der Waals surface area contributed by atoms with Gasteiger partial charge >= 0.3 is 0 Å². The van der Waals surface area contributed by atoms with Crippen molar-refractivity contribution < 1.29 is 0 Å². The topological polar surface area (TPSA) is 54.2 Å². The van der Waals surface area contributed by atoms with Gasteiger partial charge in [0.25, 0.3) is 0 Å². The minimum atomic E-state index is 0.464. The third-order valence-corrected chi connectivity index (χ3v) is 4.24. The molecule has 2 N–H and O–H groups in total. The predicted molar refractivity (Wildman–Crippen MR) is 111 cm³/mol. The van der Waals surface area contributed by atoms with Crippen LogP contribution < -0.4 is 10.7 Å². The summed E-state index contributed by atoms with van der Waals surface area (Å²) in [5.41, 5.74) is 9.18. The van der Waals surface area contributed by atoms with Crippen LogP contribution in [-0.4, -0.2) is 20.4 Å². The van der Waals surface area contributed by atoms with Crippen LogP contribution in [0.2, 0.25) is 0 Å². The first kappa shape index (κ1) is 17.8. The summed E-state index contributed by atoms with van der Waals surface area (Å²) in [5, 5.41) is 8.01. The highest BCUT2D eigenvalue weighted by atomic mass is 32.1. The van der Waals surface area contributed by atoms with Gasteiger partial charge in [-0.3, -0.25) is 5.43 Å². The lowest BCUT2D eigenvalue weighted by molar-refractivity contribution is 1.03. The largest absolute Gasteiger partial charge is 0.331 e. The molecule has 0 unspecified atom stereocenters. The fourth-order valence-corrected chi connectivity index (χ4v) is 2.75. The molecule has 0 radical (unpaired) electrons. The number of nitrogens with one attached hydrogen (secondary N) is 2. The van der Waals surface area contributed by atoms with Crippen LogP contribution in [0.25, 0.3) is 5.69 Å². The number of hydrazone groups is 1. The number of imidazole rings is 1. The maximum absolute atomic E-state index is 5.33. The fourth-order valence-electron chi connectivity index (χ4n) is 2.59. The van der Waals surface area contributed by atoms with Crippen LogP contribution in [0.4, 0.5) is 5.69 Å². The van der Waals surface area contributed by atoms with Crippen molar-refractivity contribution in [2.75, 3.05) is 5.32 Å². The summed E-state index contributed by atoms with van der Waals surface area (Å²) in [6.45, 7) is 6.06. The Labute approximate surface area is 158 Å². The van der Waals surface area contributed by atoms with E-state index in [2.05, 4.69) is 33.8 Å². The standard InChI is InChI=1S/C20H21N5S/c1-14-4-9-19(15(2)12-14)22-20(26)24-23-16(3)17-5-7-18(8-6-17)25-11-10-21-13-25/h4-13H,1-3H3,(H2,22,24,26). The normalized spacial score (nSPS) is 11.3. The van der Waals surface area contributed by atoms with Gasteiger partial charge in [-0.2, -0.15) is 5.10 Å². The van der Waals surface area contributed by atoms with E-state index in [0.29, 0.717) is 5.11 Å². The third kappa shape index (κ3) is 4.34. The highest BCUT2D eigenvalue weighted by Crippen LogP contribution is 2.15. The zero-order valence-corrected chi connectivity index (χ0v) is 15.8. The fraction of sp³-hybridized carbons (Fsp3) is 0.150. The van der Waals surface area contributed by atoms with Crippen LogP contribution in [0, 0.1) is 13.8 Å². The van der Waals surface area contributed by atoms with Gasteiger partial charge in [-0.1, -0.05) is 29.8 Å². The van der Waals surface area contributed by atoms with Crippen molar-refractivity contribution in [3.63, 3.8) is 0 Å². The van der Waals surface area contributed by atoms with Gasteiger partial charge < -0.3 is 9.88 Å². The molecule has 132 valence electrons. The Morgan fingerprint density at radius 3 is 2.54 bits per heavy atom. The van der Waals surface area contributed by atoms with Gasteiger partial charge in [0.1, 0.15) is 0 Å². The van der Waals surface area contributed by atoms with E-state index in [-0.39, 0.29) is 0 Å². The minimum Gasteiger partial charge on any atom is -0.331 e. The van der Waals surface area contributed by atoms with Gasteiger partial charge in [0.15, 0.2) is 5.11 Å². The number of benzene rings is 2. The molecule has 0 saturated heterocycles. The Kier molecular flexibility index (Phi) is 5.43. The Balaban J connectivity index is 1.63. The summed E-state index contributed by atoms with van der Waals surface area (Å²) in [6, 6.07) is 14.3. The predicted octanol–water partition coefficient (Wildman–Crippen LogP) is 4.20. The van der Waals surface area contributed by atoms with E-state index in [4.69, 9.17) is 12.2 Å². The summed E-state index contributed by atoms with van der Waals surface area (Å²) in [7, 11) is 0. The van der Waals surface area contributed by atoms with Gasteiger partial charge in [-0.05, 0) is 62.3 Å². The first-order valence-corrected chi connectivity index (χ1v) is 8.71. The second-order valence-electron chi connectivity index (χ2n) is 6.10. The van der Waals surface area contributed by atoms with Crippen molar-refractivity contribution in [2.24, 2.45) is 5.10 Å². The summed E-state index contributed by atoms with van der Waals surface area (Å²) in [5.74, 6) is 0. The SMILES string of the molecule is CC(=NNC(=S)Nc1ccc(C)cc1C)c1ccc(-n2ccnc2)cc1. The molecule has 0 amide bonds. The lowest BCUT2D eigenvalue weighted by atomic mass is 10.1. The molecule has 0 saturated carbocycles. The second kappa shape index (κ2) is 7.93. The second-order valence-corrected chi connectivity index (χ2v) is 6.51. The molecule has 1 aromatic heterocycles. The molecule has 0 fully saturated rings. The van der Waals surface area contributed by atoms with Gasteiger partial charge in [-0.25, -0.2) is 4.98 Å². The van der Waals surface area contributed by atoms with Crippen molar-refractivity contribution in [1.29, 1.82) is 0 Å². The molecule has 0 aliphatic heterocycles. The molecule has 0 aliphatic rings. The smallest absolute Gasteiger partial charge is 0.191 e. The van der Waals surface area contributed by atoms with Gasteiger partial charge in [-0.15, -0.1) is 0 Å². The molecular weight excluding hydrogens is 342 g/mol. The van der Waals surface area contributed by atoms with Crippen LogP contribution in [0.3, 0.4) is 0 Å². The van der Waals surface area contributed by atoms with E-state index in [9.17, 15) is 0 Å². The van der Waals surface area contributed by atoms with E-state index in [1.54, 1.807) is 12.5 Å². The molecule has 1 heterocycles. The molecule has 0 aliphatic carbocycles. The highest BCUT2D eigenvalue weighted by Gasteiger charge is 2.03. The van der Waals surface area contributed by atoms with Crippen LogP contribution in [-0.2, 0) is 0 Å². The quantitative estimate of drug-likeness (QED) is 0.414. The van der Waals surface area contributed by atoms with E-state index < -0.39 is 0 Å². The molecule has 2 aromatic carbocycles. The number of aromatic nitrogens is 2. The molecule has 5 nitrogen and oxygen atoms in total. The lowest BCUT2D eigenvalue weighted by Crippen LogP contribution is -2.25. The number of nitrogens with zero attached hydrogens (tertiary/aromatic N) is 3. The summed E-state index contributed by atoms with van der Waals surface area (Å²) in [4.78, 5) is 4.06. The van der Waals surface area contributed by atoms with Crippen LogP contribution in [0.15, 0.2) is 66.3 Å². The number of aryl methyl sites for hydroxylation is 2. The minimum absolute atomic E-state index is 0.464. The summed E-state index contributed by atoms with van der Waals surface area (Å²) < 4.78 is 1.96. The maximum atomic E-state index is 5.33. The molecule has 0 spiro atoms. The molecule has 3 rings (SSSR count). The highest BCUT2D eigenvalue weighted by molar-refractivity contribution is 7.80. The first-order chi connectivity index (χ1) is 12.5. The van der Waals surface area contributed by atoms with Gasteiger partial charge in [0.05, 0.1) is 12.0 Å². The van der Waals surface area contributed by atoms with Crippen molar-refractivity contribution in [3.8, 4) is 5.69 Å². The van der Waals surface area contributed by atoms with E-state index in [0.717, 1.165) is 28.2 Å². The zero-order chi connectivity index (χ0) is 18.5.